The van der Waals surface area contributed by atoms with Gasteiger partial charge in [0.1, 0.15) is 12.2 Å². The van der Waals surface area contributed by atoms with Crippen LogP contribution in [0.5, 0.6) is 0 Å². The zero-order chi connectivity index (χ0) is 17.2. The summed E-state index contributed by atoms with van der Waals surface area (Å²) < 4.78 is 7.55. The zero-order valence-electron chi connectivity index (χ0n) is 15.8. The number of unbranched alkanes of at least 4 members (excludes halogenated alkanes) is 1. The molecule has 144 valence electrons. The Kier molecular flexibility index (Phi) is 11.0. The zero-order valence-corrected chi connectivity index (χ0v) is 18.1. The molecular formula is C17H33IN6O. The Morgan fingerprint density at radius 1 is 1.48 bits per heavy atom. The van der Waals surface area contributed by atoms with Crippen molar-refractivity contribution < 1.29 is 4.74 Å². The van der Waals surface area contributed by atoms with Gasteiger partial charge in [-0.1, -0.05) is 20.3 Å². The van der Waals surface area contributed by atoms with E-state index < -0.39 is 0 Å². The summed E-state index contributed by atoms with van der Waals surface area (Å²) in [6.07, 6.45) is 6.19. The molecule has 1 fully saturated rings. The van der Waals surface area contributed by atoms with E-state index in [-0.39, 0.29) is 24.0 Å². The van der Waals surface area contributed by atoms with Gasteiger partial charge in [-0.25, -0.2) is 0 Å². The number of hydrogen-bond acceptors (Lipinski definition) is 4. The Bertz CT molecular complexity index is 501. The number of ether oxygens (including phenoxy) is 1. The number of aromatic nitrogens is 3. The Labute approximate surface area is 168 Å². The average Bonchev–Trinajstić information content (AvgIpc) is 3.26. The largest absolute Gasteiger partial charge is 0.381 e. The highest BCUT2D eigenvalue weighted by Crippen LogP contribution is 2.12. The third-order valence-electron chi connectivity index (χ3n) is 4.38. The van der Waals surface area contributed by atoms with Gasteiger partial charge in [0.25, 0.3) is 0 Å². The van der Waals surface area contributed by atoms with Crippen LogP contribution in [0, 0.1) is 5.92 Å². The molecule has 1 aromatic rings. The SMILES string of the molecule is CCCCN(C)C(=NCC1CCOC1)NCCn1cnnc1CC.I. The lowest BCUT2D eigenvalue weighted by Crippen LogP contribution is -2.41. The molecule has 0 bridgehead atoms. The molecular weight excluding hydrogens is 431 g/mol. The standard InChI is InChI=1S/C17H32N6O.HI/c1-4-6-9-22(3)17(19-12-15-7-11-24-13-15)18-8-10-23-14-20-21-16(23)5-2;/h14-15H,4-13H2,1-3H3,(H,18,19);1H. The lowest BCUT2D eigenvalue weighted by molar-refractivity contribution is 0.187. The number of guanidine groups is 1. The van der Waals surface area contributed by atoms with Gasteiger partial charge in [0.05, 0.1) is 6.61 Å². The molecule has 1 aromatic heterocycles. The fourth-order valence-electron chi connectivity index (χ4n) is 2.78. The van der Waals surface area contributed by atoms with Gasteiger partial charge in [0.2, 0.25) is 0 Å². The van der Waals surface area contributed by atoms with Crippen LogP contribution in [0.2, 0.25) is 0 Å². The maximum absolute atomic E-state index is 5.45. The topological polar surface area (TPSA) is 67.6 Å². The van der Waals surface area contributed by atoms with E-state index in [1.165, 1.54) is 12.8 Å². The van der Waals surface area contributed by atoms with E-state index in [1.807, 2.05) is 0 Å². The number of hydrogen-bond donors (Lipinski definition) is 1. The summed E-state index contributed by atoms with van der Waals surface area (Å²) in [4.78, 5) is 7.06. The Hall–Kier alpha value is -0.900. The van der Waals surface area contributed by atoms with Gasteiger partial charge in [0.15, 0.2) is 5.96 Å². The summed E-state index contributed by atoms with van der Waals surface area (Å²) in [6, 6.07) is 0. The smallest absolute Gasteiger partial charge is 0.193 e. The highest BCUT2D eigenvalue weighted by Gasteiger charge is 2.16. The van der Waals surface area contributed by atoms with E-state index in [4.69, 9.17) is 9.73 Å². The van der Waals surface area contributed by atoms with Gasteiger partial charge in [-0.3, -0.25) is 4.99 Å². The third-order valence-corrected chi connectivity index (χ3v) is 4.38. The van der Waals surface area contributed by atoms with Gasteiger partial charge in [0, 0.05) is 52.2 Å². The van der Waals surface area contributed by atoms with Crippen molar-refractivity contribution in [2.24, 2.45) is 10.9 Å². The molecule has 7 nitrogen and oxygen atoms in total. The third kappa shape index (κ3) is 7.47. The summed E-state index contributed by atoms with van der Waals surface area (Å²) in [5, 5.41) is 11.6. The second-order valence-electron chi connectivity index (χ2n) is 6.39. The van der Waals surface area contributed by atoms with Crippen LogP contribution in [0.3, 0.4) is 0 Å². The minimum Gasteiger partial charge on any atom is -0.381 e. The van der Waals surface area contributed by atoms with Crippen molar-refractivity contribution in [2.45, 2.75) is 46.1 Å². The van der Waals surface area contributed by atoms with Crippen LogP contribution in [0.15, 0.2) is 11.3 Å². The van der Waals surface area contributed by atoms with E-state index in [9.17, 15) is 0 Å². The second kappa shape index (κ2) is 12.5. The molecule has 1 N–H and O–H groups in total. The normalized spacial score (nSPS) is 17.4. The van der Waals surface area contributed by atoms with Crippen LogP contribution >= 0.6 is 24.0 Å². The molecule has 2 heterocycles. The lowest BCUT2D eigenvalue weighted by Gasteiger charge is -2.23. The van der Waals surface area contributed by atoms with E-state index in [1.54, 1.807) is 6.33 Å². The second-order valence-corrected chi connectivity index (χ2v) is 6.39. The molecule has 25 heavy (non-hydrogen) atoms. The maximum atomic E-state index is 5.45. The van der Waals surface area contributed by atoms with Gasteiger partial charge in [-0.15, -0.1) is 34.2 Å². The Balaban J connectivity index is 0.00000312. The van der Waals surface area contributed by atoms with Crippen LogP contribution in [-0.2, 0) is 17.7 Å². The molecule has 0 amide bonds. The van der Waals surface area contributed by atoms with Gasteiger partial charge in [-0.05, 0) is 12.8 Å². The summed E-state index contributed by atoms with van der Waals surface area (Å²) in [5.41, 5.74) is 0. The van der Waals surface area contributed by atoms with Crippen molar-refractivity contribution in [3.63, 3.8) is 0 Å². The molecule has 0 spiro atoms. The van der Waals surface area contributed by atoms with Gasteiger partial charge in [-0.2, -0.15) is 0 Å². The van der Waals surface area contributed by atoms with Gasteiger partial charge >= 0.3 is 0 Å². The van der Waals surface area contributed by atoms with Crippen molar-refractivity contribution in [3.8, 4) is 0 Å². The first-order valence-electron chi connectivity index (χ1n) is 9.18. The number of aliphatic imine (C=N–C) groups is 1. The van der Waals surface area contributed by atoms with E-state index in [0.29, 0.717) is 5.92 Å². The molecule has 0 aromatic carbocycles. The summed E-state index contributed by atoms with van der Waals surface area (Å²) in [7, 11) is 2.11. The summed E-state index contributed by atoms with van der Waals surface area (Å²) >= 11 is 0. The molecule has 1 aliphatic rings. The molecule has 0 saturated carbocycles. The highest BCUT2D eigenvalue weighted by atomic mass is 127. The first-order valence-corrected chi connectivity index (χ1v) is 9.18. The molecule has 1 saturated heterocycles. The number of halogens is 1. The Morgan fingerprint density at radius 3 is 3.00 bits per heavy atom. The van der Waals surface area contributed by atoms with E-state index in [0.717, 1.165) is 64.0 Å². The predicted molar refractivity (Wildman–Crippen MR) is 112 cm³/mol. The van der Waals surface area contributed by atoms with Crippen molar-refractivity contribution >= 4 is 29.9 Å². The minimum absolute atomic E-state index is 0. The molecule has 1 unspecified atom stereocenters. The van der Waals surface area contributed by atoms with E-state index in [2.05, 4.69) is 45.9 Å². The fourth-order valence-corrected chi connectivity index (χ4v) is 2.78. The first kappa shape index (κ1) is 22.1. The number of rotatable bonds is 9. The van der Waals surface area contributed by atoms with Crippen molar-refractivity contribution in [1.29, 1.82) is 0 Å². The number of nitrogens with zero attached hydrogens (tertiary/aromatic N) is 5. The minimum atomic E-state index is 0. The predicted octanol–water partition coefficient (Wildman–Crippen LogP) is 2.17. The lowest BCUT2D eigenvalue weighted by atomic mass is 10.1. The number of nitrogens with one attached hydrogen (secondary N) is 1. The highest BCUT2D eigenvalue weighted by molar-refractivity contribution is 14.0. The summed E-state index contributed by atoms with van der Waals surface area (Å²) in [5.74, 6) is 2.57. The quantitative estimate of drug-likeness (QED) is 0.345. The Morgan fingerprint density at radius 2 is 2.32 bits per heavy atom. The van der Waals surface area contributed by atoms with Crippen molar-refractivity contribution in [1.82, 2.24) is 25.0 Å². The summed E-state index contributed by atoms with van der Waals surface area (Å²) in [6.45, 7) is 9.57. The first-order chi connectivity index (χ1) is 11.7. The molecule has 0 aliphatic carbocycles. The maximum Gasteiger partial charge on any atom is 0.193 e. The van der Waals surface area contributed by atoms with Crippen LogP contribution in [0.4, 0.5) is 0 Å². The van der Waals surface area contributed by atoms with Crippen LogP contribution in [0.1, 0.15) is 38.9 Å². The van der Waals surface area contributed by atoms with Gasteiger partial charge < -0.3 is 19.5 Å². The molecule has 2 rings (SSSR count). The van der Waals surface area contributed by atoms with Crippen molar-refractivity contribution in [2.75, 3.05) is 39.9 Å². The van der Waals surface area contributed by atoms with Crippen molar-refractivity contribution in [3.05, 3.63) is 12.2 Å². The molecule has 1 atom stereocenters. The van der Waals surface area contributed by atoms with Crippen LogP contribution in [0.25, 0.3) is 0 Å². The monoisotopic (exact) mass is 464 g/mol. The molecule has 1 aliphatic heterocycles. The fraction of sp³-hybridized carbons (Fsp3) is 0.824. The van der Waals surface area contributed by atoms with E-state index >= 15 is 0 Å². The van der Waals surface area contributed by atoms with Crippen LogP contribution in [-0.4, -0.2) is 65.5 Å². The van der Waals surface area contributed by atoms with Crippen LogP contribution < -0.4 is 5.32 Å². The average molecular weight is 464 g/mol. The number of aryl methyl sites for hydroxylation is 1. The molecule has 8 heteroatoms. The molecule has 0 radical (unpaired) electrons.